The zero-order valence-corrected chi connectivity index (χ0v) is 10.3. The molecule has 2 N–H and O–H groups in total. The van der Waals surface area contributed by atoms with Crippen molar-refractivity contribution >= 4 is 15.9 Å². The van der Waals surface area contributed by atoms with Crippen LogP contribution in [0.4, 0.5) is 0 Å². The summed E-state index contributed by atoms with van der Waals surface area (Å²) in [6.07, 6.45) is 0.760. The monoisotopic (exact) mass is 254 g/mol. The van der Waals surface area contributed by atoms with Gasteiger partial charge in [0.15, 0.2) is 0 Å². The molecule has 6 heteroatoms. The van der Waals surface area contributed by atoms with Crippen molar-refractivity contribution < 1.29 is 13.2 Å². The van der Waals surface area contributed by atoms with Crippen molar-refractivity contribution in [3.8, 4) is 0 Å². The standard InChI is InChI=1S/C11H14N2O3S/c1-2-5-13-7-9-4-3-8(11(12)14)6-10(9)17(13,15)16/h3-4,6H,2,5,7H2,1H3,(H2,12,14). The highest BCUT2D eigenvalue weighted by molar-refractivity contribution is 7.89. The predicted octanol–water partition coefficient (Wildman–Crippen LogP) is 0.700. The number of hydrogen-bond acceptors (Lipinski definition) is 3. The number of nitrogens with zero attached hydrogens (tertiary/aromatic N) is 1. The van der Waals surface area contributed by atoms with Crippen molar-refractivity contribution in [1.82, 2.24) is 4.31 Å². The van der Waals surface area contributed by atoms with E-state index in [2.05, 4.69) is 0 Å². The molecule has 0 aliphatic carbocycles. The third-order valence-corrected chi connectivity index (χ3v) is 4.72. The maximum Gasteiger partial charge on any atom is 0.248 e. The van der Waals surface area contributed by atoms with Crippen LogP contribution in [0.5, 0.6) is 0 Å². The summed E-state index contributed by atoms with van der Waals surface area (Å²) >= 11 is 0. The van der Waals surface area contributed by atoms with Crippen molar-refractivity contribution in [1.29, 1.82) is 0 Å². The number of fused-ring (bicyclic) bond motifs is 1. The Kier molecular flexibility index (Phi) is 2.92. The quantitative estimate of drug-likeness (QED) is 0.862. The molecule has 1 aliphatic heterocycles. The Hall–Kier alpha value is -1.40. The first-order valence-electron chi connectivity index (χ1n) is 5.39. The first kappa shape index (κ1) is 12.1. The van der Waals surface area contributed by atoms with E-state index in [-0.39, 0.29) is 10.5 Å². The fourth-order valence-corrected chi connectivity index (χ4v) is 3.69. The van der Waals surface area contributed by atoms with E-state index in [1.165, 1.54) is 10.4 Å². The van der Waals surface area contributed by atoms with Crippen LogP contribution >= 0.6 is 0 Å². The second-order valence-electron chi connectivity index (χ2n) is 4.03. The van der Waals surface area contributed by atoms with Gasteiger partial charge >= 0.3 is 0 Å². The van der Waals surface area contributed by atoms with E-state index in [4.69, 9.17) is 5.73 Å². The summed E-state index contributed by atoms with van der Waals surface area (Å²) in [5.41, 5.74) is 6.10. The molecule has 0 fully saturated rings. The topological polar surface area (TPSA) is 80.5 Å². The zero-order chi connectivity index (χ0) is 12.6. The number of benzene rings is 1. The zero-order valence-electron chi connectivity index (χ0n) is 9.51. The van der Waals surface area contributed by atoms with Gasteiger partial charge in [-0.3, -0.25) is 4.79 Å². The van der Waals surface area contributed by atoms with Crippen LogP contribution in [-0.2, 0) is 16.6 Å². The first-order valence-corrected chi connectivity index (χ1v) is 6.83. The summed E-state index contributed by atoms with van der Waals surface area (Å²) in [6, 6.07) is 4.58. The highest BCUT2D eigenvalue weighted by Crippen LogP contribution is 2.30. The molecule has 1 amide bonds. The lowest BCUT2D eigenvalue weighted by Gasteiger charge is -2.12. The molecule has 0 unspecified atom stereocenters. The highest BCUT2D eigenvalue weighted by atomic mass is 32.2. The molecule has 0 atom stereocenters. The summed E-state index contributed by atoms with van der Waals surface area (Å²) in [7, 11) is -3.44. The Labute approximate surface area is 100 Å². The van der Waals surface area contributed by atoms with Crippen LogP contribution in [0.15, 0.2) is 23.1 Å². The normalized spacial score (nSPS) is 17.9. The summed E-state index contributed by atoms with van der Waals surface area (Å²) in [5, 5.41) is 0. The van der Waals surface area contributed by atoms with Gasteiger partial charge in [-0.1, -0.05) is 13.0 Å². The van der Waals surface area contributed by atoms with Crippen LogP contribution in [0.3, 0.4) is 0 Å². The van der Waals surface area contributed by atoms with Gasteiger partial charge in [0.25, 0.3) is 0 Å². The minimum Gasteiger partial charge on any atom is -0.366 e. The van der Waals surface area contributed by atoms with Gasteiger partial charge in [-0.05, 0) is 24.1 Å². The van der Waals surface area contributed by atoms with E-state index in [0.29, 0.717) is 13.1 Å². The second-order valence-corrected chi connectivity index (χ2v) is 5.93. The molecule has 2 rings (SSSR count). The number of rotatable bonds is 3. The van der Waals surface area contributed by atoms with E-state index in [9.17, 15) is 13.2 Å². The van der Waals surface area contributed by atoms with Crippen molar-refractivity contribution in [3.63, 3.8) is 0 Å². The molecular weight excluding hydrogens is 240 g/mol. The minimum atomic E-state index is -3.44. The van der Waals surface area contributed by atoms with Crippen LogP contribution in [0.25, 0.3) is 0 Å². The van der Waals surface area contributed by atoms with Gasteiger partial charge in [0, 0.05) is 18.7 Å². The highest BCUT2D eigenvalue weighted by Gasteiger charge is 2.34. The number of primary amides is 1. The molecule has 0 saturated carbocycles. The lowest BCUT2D eigenvalue weighted by atomic mass is 10.1. The summed E-state index contributed by atoms with van der Waals surface area (Å²) in [4.78, 5) is 11.2. The molecule has 1 heterocycles. The SMILES string of the molecule is CCCN1Cc2ccc(C(N)=O)cc2S1(=O)=O. The Morgan fingerprint density at radius 2 is 2.18 bits per heavy atom. The maximum atomic E-state index is 12.1. The van der Waals surface area contributed by atoms with E-state index >= 15 is 0 Å². The van der Waals surface area contributed by atoms with Crippen molar-refractivity contribution in [2.24, 2.45) is 5.73 Å². The number of carbonyl (C=O) groups is 1. The molecule has 1 aliphatic rings. The first-order chi connectivity index (χ1) is 7.96. The van der Waals surface area contributed by atoms with E-state index in [1.54, 1.807) is 12.1 Å². The van der Waals surface area contributed by atoms with Gasteiger partial charge in [-0.2, -0.15) is 4.31 Å². The van der Waals surface area contributed by atoms with Gasteiger partial charge in [0.2, 0.25) is 15.9 Å². The third kappa shape index (κ3) is 1.94. The summed E-state index contributed by atoms with van der Waals surface area (Å²) in [5.74, 6) is -0.614. The Bertz CT molecular complexity index is 566. The molecule has 0 spiro atoms. The van der Waals surface area contributed by atoms with E-state index in [1.807, 2.05) is 6.92 Å². The Morgan fingerprint density at radius 1 is 1.47 bits per heavy atom. The molecule has 92 valence electrons. The number of sulfonamides is 1. The van der Waals surface area contributed by atoms with E-state index in [0.717, 1.165) is 12.0 Å². The lowest BCUT2D eigenvalue weighted by Crippen LogP contribution is -2.25. The van der Waals surface area contributed by atoms with Crippen molar-refractivity contribution in [2.75, 3.05) is 6.54 Å². The molecular formula is C11H14N2O3S. The number of hydrogen-bond donors (Lipinski definition) is 1. The minimum absolute atomic E-state index is 0.210. The fraction of sp³-hybridized carbons (Fsp3) is 0.364. The van der Waals surface area contributed by atoms with Gasteiger partial charge in [-0.25, -0.2) is 8.42 Å². The number of amides is 1. The molecule has 0 bridgehead atoms. The summed E-state index contributed by atoms with van der Waals surface area (Å²) in [6.45, 7) is 2.79. The Morgan fingerprint density at radius 3 is 2.76 bits per heavy atom. The van der Waals surface area contributed by atoms with Gasteiger partial charge < -0.3 is 5.73 Å². The molecule has 5 nitrogen and oxygen atoms in total. The molecule has 1 aromatic carbocycles. The third-order valence-electron chi connectivity index (χ3n) is 2.79. The van der Waals surface area contributed by atoms with Gasteiger partial charge in [0.05, 0.1) is 4.90 Å². The van der Waals surface area contributed by atoms with Gasteiger partial charge in [0.1, 0.15) is 0 Å². The smallest absolute Gasteiger partial charge is 0.248 e. The molecule has 0 aromatic heterocycles. The molecule has 17 heavy (non-hydrogen) atoms. The maximum absolute atomic E-state index is 12.1. The van der Waals surface area contributed by atoms with Crippen molar-refractivity contribution in [3.05, 3.63) is 29.3 Å². The van der Waals surface area contributed by atoms with Crippen LogP contribution in [-0.4, -0.2) is 25.2 Å². The molecule has 0 saturated heterocycles. The number of carbonyl (C=O) groups excluding carboxylic acids is 1. The van der Waals surface area contributed by atoms with Gasteiger partial charge in [-0.15, -0.1) is 0 Å². The van der Waals surface area contributed by atoms with Crippen molar-refractivity contribution in [2.45, 2.75) is 24.8 Å². The molecule has 0 radical (unpaired) electrons. The average molecular weight is 254 g/mol. The molecule has 1 aromatic rings. The van der Waals surface area contributed by atoms with Crippen LogP contribution in [0.1, 0.15) is 29.3 Å². The second kappa shape index (κ2) is 4.12. The largest absolute Gasteiger partial charge is 0.366 e. The van der Waals surface area contributed by atoms with Crippen LogP contribution < -0.4 is 5.73 Å². The fourth-order valence-electron chi connectivity index (χ4n) is 1.94. The Balaban J connectivity index is 2.50. The van der Waals surface area contributed by atoms with E-state index < -0.39 is 15.9 Å². The number of nitrogens with two attached hydrogens (primary N) is 1. The predicted molar refractivity (Wildman–Crippen MR) is 62.8 cm³/mol. The average Bonchev–Trinajstić information content (AvgIpc) is 2.51. The van der Waals surface area contributed by atoms with Crippen LogP contribution in [0.2, 0.25) is 0 Å². The van der Waals surface area contributed by atoms with Crippen LogP contribution in [0, 0.1) is 0 Å². The summed E-state index contributed by atoms with van der Waals surface area (Å²) < 4.78 is 25.7. The lowest BCUT2D eigenvalue weighted by molar-refractivity contribution is 0.1000.